The van der Waals surface area contributed by atoms with Gasteiger partial charge in [0.15, 0.2) is 11.3 Å². The molecule has 2 amide bonds. The van der Waals surface area contributed by atoms with Gasteiger partial charge in [-0.2, -0.15) is 5.10 Å². The highest BCUT2D eigenvalue weighted by molar-refractivity contribution is 7.15. The average molecular weight is 646 g/mol. The number of benzene rings is 2. The molecule has 3 heterocycles. The zero-order valence-electron chi connectivity index (χ0n) is 24.1. The first-order valence-corrected chi connectivity index (χ1v) is 15.4. The van der Waals surface area contributed by atoms with Crippen molar-refractivity contribution in [3.05, 3.63) is 99.9 Å². The van der Waals surface area contributed by atoms with Gasteiger partial charge in [-0.05, 0) is 47.2 Å². The molecule has 0 radical (unpaired) electrons. The van der Waals surface area contributed by atoms with Crippen molar-refractivity contribution in [2.24, 2.45) is 0 Å². The quantitative estimate of drug-likeness (QED) is 0.203. The van der Waals surface area contributed by atoms with Crippen LogP contribution in [0.25, 0.3) is 27.9 Å². The third-order valence-electron chi connectivity index (χ3n) is 8.51. The predicted molar refractivity (Wildman–Crippen MR) is 164 cm³/mol. The first-order valence-electron chi connectivity index (χ1n) is 14.6. The number of amides is 2. The second-order valence-electron chi connectivity index (χ2n) is 11.3. The van der Waals surface area contributed by atoms with Gasteiger partial charge in [-0.25, -0.2) is 27.5 Å². The summed E-state index contributed by atoms with van der Waals surface area (Å²) in [5, 5.41) is 8.77. The number of pyridine rings is 1. The fraction of sp³-hybridized carbons (Fsp3) is 0.242. The highest BCUT2D eigenvalue weighted by atomic mass is 32.1. The molecule has 9 nitrogen and oxygen atoms in total. The molecule has 2 aliphatic carbocycles. The Balaban J connectivity index is 1.07. The van der Waals surface area contributed by atoms with Crippen LogP contribution < -0.4 is 10.6 Å². The number of halogens is 3. The van der Waals surface area contributed by atoms with E-state index in [1.165, 1.54) is 22.8 Å². The Morgan fingerprint density at radius 1 is 1.02 bits per heavy atom. The minimum atomic E-state index is -3.34. The third kappa shape index (κ3) is 5.30. The van der Waals surface area contributed by atoms with E-state index >= 15 is 8.78 Å². The number of alkyl halides is 2. The molecule has 0 bridgehead atoms. The van der Waals surface area contributed by atoms with E-state index in [1.807, 2.05) is 48.5 Å². The van der Waals surface area contributed by atoms with Gasteiger partial charge >= 0.3 is 6.09 Å². The second-order valence-corrected chi connectivity index (χ2v) is 12.3. The molecule has 13 heteroatoms. The third-order valence-corrected chi connectivity index (χ3v) is 9.49. The molecular weight excluding hydrogens is 619 g/mol. The fourth-order valence-electron chi connectivity index (χ4n) is 6.37. The molecule has 1 fully saturated rings. The summed E-state index contributed by atoms with van der Waals surface area (Å²) in [6.07, 6.45) is 1.99. The van der Waals surface area contributed by atoms with Gasteiger partial charge in [0.05, 0.1) is 34.5 Å². The highest BCUT2D eigenvalue weighted by Crippen LogP contribution is 2.44. The van der Waals surface area contributed by atoms with Crippen LogP contribution in [-0.4, -0.2) is 57.5 Å². The number of carbonyl (C=O) groups excluding carboxylic acids is 3. The fourth-order valence-corrected chi connectivity index (χ4v) is 7.17. The average Bonchev–Trinajstić information content (AvgIpc) is 3.75. The van der Waals surface area contributed by atoms with Crippen molar-refractivity contribution < 1.29 is 32.3 Å². The molecule has 0 aliphatic heterocycles. The van der Waals surface area contributed by atoms with Gasteiger partial charge in [-0.3, -0.25) is 9.59 Å². The van der Waals surface area contributed by atoms with E-state index in [-0.39, 0.29) is 40.9 Å². The van der Waals surface area contributed by atoms with Crippen LogP contribution in [0.5, 0.6) is 0 Å². The summed E-state index contributed by atoms with van der Waals surface area (Å²) in [6.45, 7) is 0.00650. The lowest BCUT2D eigenvalue weighted by Gasteiger charge is -2.38. The molecule has 3 aromatic heterocycles. The number of fused-ring (bicyclic) bond motifs is 4. The molecule has 5 aromatic rings. The van der Waals surface area contributed by atoms with Crippen molar-refractivity contribution in [1.29, 1.82) is 0 Å². The zero-order valence-corrected chi connectivity index (χ0v) is 24.9. The van der Waals surface area contributed by atoms with E-state index in [4.69, 9.17) is 4.74 Å². The van der Waals surface area contributed by atoms with Crippen molar-refractivity contribution in [2.45, 2.75) is 43.2 Å². The van der Waals surface area contributed by atoms with Crippen LogP contribution in [0, 0.1) is 5.82 Å². The topological polar surface area (TPSA) is 115 Å². The van der Waals surface area contributed by atoms with Crippen molar-refractivity contribution >= 4 is 35.1 Å². The van der Waals surface area contributed by atoms with E-state index in [2.05, 4.69) is 20.7 Å². The smallest absolute Gasteiger partial charge is 0.407 e. The molecule has 7 rings (SSSR count). The Hall–Kier alpha value is -5.04. The number of aromatic nitrogens is 3. The predicted octanol–water partition coefficient (Wildman–Crippen LogP) is 6.23. The number of alkyl carbamates (subject to hydrolysis) is 1. The normalized spacial score (nSPS) is 18.5. The lowest BCUT2D eigenvalue weighted by molar-refractivity contribution is -0.0715. The maximum absolute atomic E-state index is 15.3. The van der Waals surface area contributed by atoms with Crippen LogP contribution in [0.1, 0.15) is 55.8 Å². The maximum Gasteiger partial charge on any atom is 0.407 e. The Morgan fingerprint density at radius 2 is 1.74 bits per heavy atom. The number of hydrogen-bond acceptors (Lipinski definition) is 7. The van der Waals surface area contributed by atoms with Gasteiger partial charge in [-0.15, -0.1) is 11.3 Å². The van der Waals surface area contributed by atoms with Gasteiger partial charge in [0.25, 0.3) is 11.8 Å². The lowest BCUT2D eigenvalue weighted by Crippen LogP contribution is -2.62. The van der Waals surface area contributed by atoms with Gasteiger partial charge in [-0.1, -0.05) is 48.5 Å². The Morgan fingerprint density at radius 3 is 2.46 bits per heavy atom. The number of thiazole rings is 1. The minimum Gasteiger partial charge on any atom is -0.449 e. The number of aldehydes is 1. The zero-order chi connectivity index (χ0) is 32.0. The Labute approximate surface area is 264 Å². The van der Waals surface area contributed by atoms with E-state index in [9.17, 15) is 18.8 Å². The van der Waals surface area contributed by atoms with Gasteiger partial charge in [0, 0.05) is 17.9 Å². The van der Waals surface area contributed by atoms with Crippen molar-refractivity contribution in [3.8, 4) is 22.4 Å². The molecule has 0 saturated heterocycles. The second kappa shape index (κ2) is 11.7. The van der Waals surface area contributed by atoms with E-state index in [0.29, 0.717) is 17.4 Å². The molecule has 0 unspecified atom stereocenters. The molecule has 2 aliphatic rings. The van der Waals surface area contributed by atoms with Crippen LogP contribution >= 0.6 is 11.3 Å². The van der Waals surface area contributed by atoms with E-state index in [1.54, 1.807) is 0 Å². The number of carbonyl (C=O) groups is 3. The molecule has 46 heavy (non-hydrogen) atoms. The number of hydrogen-bond donors (Lipinski definition) is 2. The van der Waals surface area contributed by atoms with Crippen molar-refractivity contribution in [3.63, 3.8) is 0 Å². The molecule has 2 atom stereocenters. The van der Waals surface area contributed by atoms with Gasteiger partial charge in [0.2, 0.25) is 0 Å². The largest absolute Gasteiger partial charge is 0.449 e. The summed E-state index contributed by atoms with van der Waals surface area (Å²) in [5.41, 5.74) is 5.07. The maximum atomic E-state index is 15.3. The number of nitrogens with zero attached hydrogens (tertiary/aromatic N) is 3. The van der Waals surface area contributed by atoms with Gasteiger partial charge < -0.3 is 15.4 Å². The molecule has 2 N–H and O–H groups in total. The van der Waals surface area contributed by atoms with Gasteiger partial charge in [0.1, 0.15) is 18.5 Å². The first kappa shape index (κ1) is 29.7. The highest BCUT2D eigenvalue weighted by Gasteiger charge is 2.49. The first-order chi connectivity index (χ1) is 22.2. The van der Waals surface area contributed by atoms with Crippen LogP contribution in [0.3, 0.4) is 0 Å². The number of nitrogens with one attached hydrogen (secondary N) is 2. The molecule has 0 spiro atoms. The summed E-state index contributed by atoms with van der Waals surface area (Å²) < 4.78 is 51.0. The van der Waals surface area contributed by atoms with Crippen LogP contribution in [0.15, 0.2) is 73.1 Å². The summed E-state index contributed by atoms with van der Waals surface area (Å²) >= 11 is 0.733. The van der Waals surface area contributed by atoms with Crippen LogP contribution in [0.2, 0.25) is 0 Å². The van der Waals surface area contributed by atoms with Crippen molar-refractivity contribution in [1.82, 2.24) is 25.2 Å². The van der Waals surface area contributed by atoms with Crippen molar-refractivity contribution in [2.75, 3.05) is 6.61 Å². The molecular formula is C33H26F3N5O4S. The molecule has 234 valence electrons. The Kier molecular flexibility index (Phi) is 7.55. The SMILES string of the molecule is O=Cc1sc(C(=O)N[C@@H]2[C@@H](NC(=O)OCC3c4ccccc4-c4ccccc43)CCCC2(F)F)nc1-c1cnn2cc(F)ccc12. The number of rotatable bonds is 7. The summed E-state index contributed by atoms with van der Waals surface area (Å²) in [4.78, 5) is 42.5. The monoisotopic (exact) mass is 645 g/mol. The number of ether oxygens (including phenoxy) is 1. The van der Waals surface area contributed by atoms with Crippen LogP contribution in [0.4, 0.5) is 18.0 Å². The van der Waals surface area contributed by atoms with E-state index in [0.717, 1.165) is 39.8 Å². The summed E-state index contributed by atoms with van der Waals surface area (Å²) in [7, 11) is 0. The Bertz CT molecular complexity index is 1950. The standard InChI is InChI=1S/C33H26F3N5O4S/c34-18-11-12-26-23(14-37-41(26)15-18)28-27(16-42)46-31(39-28)30(43)40-29-25(10-5-13-33(29,35)36)38-32(44)45-17-24-21-8-3-1-6-19(21)20-7-2-4-9-22(20)24/h1-4,6-9,11-12,14-16,24-25,29H,5,10,13,17H2,(H,38,44)(H,40,43)/t25-,29+/m0/s1. The lowest BCUT2D eigenvalue weighted by atomic mass is 9.87. The molecule has 2 aromatic carbocycles. The summed E-state index contributed by atoms with van der Waals surface area (Å²) in [5.74, 6) is -4.99. The van der Waals surface area contributed by atoms with E-state index < -0.39 is 42.2 Å². The summed E-state index contributed by atoms with van der Waals surface area (Å²) in [6, 6.07) is 15.5. The molecule has 1 saturated carbocycles. The minimum absolute atomic E-state index is 0.00650. The van der Waals surface area contributed by atoms with Crippen LogP contribution in [-0.2, 0) is 4.74 Å².